The maximum Gasteiger partial charge on any atom is 0.332 e. The molecule has 0 radical (unpaired) electrons. The molecule has 0 saturated heterocycles. The lowest BCUT2D eigenvalue weighted by Gasteiger charge is -2.27. The zero-order chi connectivity index (χ0) is 9.23. The summed E-state index contributed by atoms with van der Waals surface area (Å²) in [6, 6.07) is 0. The first-order valence-electron chi connectivity index (χ1n) is 3.15. The molecule has 2 atom stereocenters. The second-order valence-electron chi connectivity index (χ2n) is 2.68. The first-order chi connectivity index (χ1) is 4.80. The van der Waals surface area contributed by atoms with Crippen LogP contribution in [-0.2, 0) is 4.79 Å². The van der Waals surface area contributed by atoms with Crippen molar-refractivity contribution in [3.05, 3.63) is 12.2 Å². The zero-order valence-corrected chi connectivity index (χ0v) is 7.35. The molecule has 0 saturated carbocycles. The van der Waals surface area contributed by atoms with Gasteiger partial charge in [-0.25, -0.2) is 4.79 Å². The van der Waals surface area contributed by atoms with Gasteiger partial charge in [-0.05, 0) is 13.8 Å². The average molecular weight is 178 g/mol. The lowest BCUT2D eigenvalue weighted by Crippen LogP contribution is -2.47. The largest absolute Gasteiger partial charge is 0.478 e. The molecular formula is C7H12ClNO2. The standard InChI is InChI=1S/C7H12ClNO2/c1-4(6(10)11)7(3,9)5(2)8/h5H,1,9H2,2-3H3,(H,10,11)/t5-,7?/m0/s1. The van der Waals surface area contributed by atoms with Crippen LogP contribution < -0.4 is 5.73 Å². The van der Waals surface area contributed by atoms with E-state index in [1.54, 1.807) is 13.8 Å². The van der Waals surface area contributed by atoms with Crippen LogP contribution in [0.4, 0.5) is 0 Å². The van der Waals surface area contributed by atoms with Crippen LogP contribution in [0.3, 0.4) is 0 Å². The van der Waals surface area contributed by atoms with Crippen molar-refractivity contribution < 1.29 is 9.90 Å². The molecule has 3 N–H and O–H groups in total. The Kier molecular flexibility index (Phi) is 3.08. The number of carbonyl (C=O) groups is 1. The van der Waals surface area contributed by atoms with E-state index in [9.17, 15) is 4.79 Å². The molecule has 0 bridgehead atoms. The fraction of sp³-hybridized carbons (Fsp3) is 0.571. The van der Waals surface area contributed by atoms with Gasteiger partial charge in [-0.2, -0.15) is 0 Å². The van der Waals surface area contributed by atoms with Gasteiger partial charge in [0, 0.05) is 0 Å². The molecular weight excluding hydrogens is 166 g/mol. The number of carboxylic acids is 1. The minimum atomic E-state index is -1.11. The van der Waals surface area contributed by atoms with Crippen LogP contribution in [0, 0.1) is 0 Å². The van der Waals surface area contributed by atoms with Gasteiger partial charge in [0.25, 0.3) is 0 Å². The van der Waals surface area contributed by atoms with Crippen LogP contribution in [0.15, 0.2) is 12.2 Å². The topological polar surface area (TPSA) is 63.3 Å². The van der Waals surface area contributed by atoms with Crippen molar-refractivity contribution in [2.75, 3.05) is 0 Å². The van der Waals surface area contributed by atoms with Crippen molar-refractivity contribution in [3.63, 3.8) is 0 Å². The number of nitrogens with two attached hydrogens (primary N) is 1. The molecule has 0 aliphatic rings. The molecule has 64 valence electrons. The minimum absolute atomic E-state index is 0.0694. The number of halogens is 1. The van der Waals surface area contributed by atoms with Gasteiger partial charge in [0.15, 0.2) is 0 Å². The molecule has 0 spiro atoms. The van der Waals surface area contributed by atoms with Gasteiger partial charge < -0.3 is 10.8 Å². The van der Waals surface area contributed by atoms with E-state index in [2.05, 4.69) is 6.58 Å². The predicted octanol–water partition coefficient (Wildman–Crippen LogP) is 0.972. The summed E-state index contributed by atoms with van der Waals surface area (Å²) in [6.45, 7) is 6.52. The number of alkyl halides is 1. The Labute approximate surface area is 70.8 Å². The van der Waals surface area contributed by atoms with Crippen molar-refractivity contribution in [2.45, 2.75) is 24.8 Å². The minimum Gasteiger partial charge on any atom is -0.478 e. The zero-order valence-electron chi connectivity index (χ0n) is 6.60. The first-order valence-corrected chi connectivity index (χ1v) is 3.59. The van der Waals surface area contributed by atoms with Gasteiger partial charge in [-0.1, -0.05) is 6.58 Å². The molecule has 0 aromatic carbocycles. The third kappa shape index (κ3) is 2.20. The molecule has 0 aliphatic heterocycles. The van der Waals surface area contributed by atoms with Crippen LogP contribution in [0.2, 0.25) is 0 Å². The van der Waals surface area contributed by atoms with Gasteiger partial charge in [0.05, 0.1) is 16.5 Å². The highest BCUT2D eigenvalue weighted by atomic mass is 35.5. The molecule has 4 heteroatoms. The second-order valence-corrected chi connectivity index (χ2v) is 3.34. The second kappa shape index (κ2) is 3.24. The van der Waals surface area contributed by atoms with Crippen LogP contribution in [-0.4, -0.2) is 22.0 Å². The summed E-state index contributed by atoms with van der Waals surface area (Å²) < 4.78 is 0. The van der Waals surface area contributed by atoms with Crippen LogP contribution in [0.25, 0.3) is 0 Å². The summed E-state index contributed by atoms with van der Waals surface area (Å²) >= 11 is 5.66. The third-order valence-electron chi connectivity index (χ3n) is 1.73. The molecule has 3 nitrogen and oxygen atoms in total. The lowest BCUT2D eigenvalue weighted by atomic mass is 9.91. The third-order valence-corrected chi connectivity index (χ3v) is 2.19. The van der Waals surface area contributed by atoms with Gasteiger partial charge >= 0.3 is 5.97 Å². The number of hydrogen-bond donors (Lipinski definition) is 2. The Morgan fingerprint density at radius 1 is 1.82 bits per heavy atom. The summed E-state index contributed by atoms with van der Waals surface area (Å²) in [5.41, 5.74) is 4.47. The molecule has 0 fully saturated rings. The van der Waals surface area contributed by atoms with Crippen molar-refractivity contribution in [3.8, 4) is 0 Å². The predicted molar refractivity (Wildman–Crippen MR) is 44.7 cm³/mol. The van der Waals surface area contributed by atoms with Crippen molar-refractivity contribution in [2.24, 2.45) is 5.73 Å². The Morgan fingerprint density at radius 2 is 2.18 bits per heavy atom. The maximum atomic E-state index is 10.4. The number of rotatable bonds is 3. The highest BCUT2D eigenvalue weighted by Crippen LogP contribution is 2.20. The Hall–Kier alpha value is -0.540. The summed E-state index contributed by atoms with van der Waals surface area (Å²) in [5, 5.41) is 8.08. The fourth-order valence-corrected chi connectivity index (χ4v) is 0.602. The molecule has 0 rings (SSSR count). The molecule has 0 amide bonds. The Bertz CT molecular complexity index is 187. The maximum absolute atomic E-state index is 10.4. The normalized spacial score (nSPS) is 18.5. The van der Waals surface area contributed by atoms with E-state index in [-0.39, 0.29) is 5.57 Å². The van der Waals surface area contributed by atoms with Gasteiger partial charge in [0.1, 0.15) is 0 Å². The van der Waals surface area contributed by atoms with E-state index < -0.39 is 16.9 Å². The fourth-order valence-electron chi connectivity index (χ4n) is 0.470. The average Bonchev–Trinajstić information content (AvgIpc) is 1.85. The Balaban J connectivity index is 4.56. The number of carboxylic acid groups (broad SMARTS) is 1. The quantitative estimate of drug-likeness (QED) is 0.499. The monoisotopic (exact) mass is 177 g/mol. The van der Waals surface area contributed by atoms with Crippen LogP contribution >= 0.6 is 11.6 Å². The van der Waals surface area contributed by atoms with Crippen molar-refractivity contribution in [1.82, 2.24) is 0 Å². The van der Waals surface area contributed by atoms with Gasteiger partial charge in [-0.15, -0.1) is 11.6 Å². The van der Waals surface area contributed by atoms with E-state index in [0.29, 0.717) is 0 Å². The highest BCUT2D eigenvalue weighted by Gasteiger charge is 2.32. The van der Waals surface area contributed by atoms with Crippen LogP contribution in [0.5, 0.6) is 0 Å². The van der Waals surface area contributed by atoms with Gasteiger partial charge in [-0.3, -0.25) is 0 Å². The lowest BCUT2D eigenvalue weighted by molar-refractivity contribution is -0.133. The van der Waals surface area contributed by atoms with E-state index in [1.165, 1.54) is 0 Å². The Morgan fingerprint density at radius 3 is 2.27 bits per heavy atom. The summed E-state index contributed by atoms with van der Waals surface area (Å²) in [7, 11) is 0. The first kappa shape index (κ1) is 10.5. The highest BCUT2D eigenvalue weighted by molar-refractivity contribution is 6.22. The van der Waals surface area contributed by atoms with Gasteiger partial charge in [0.2, 0.25) is 0 Å². The van der Waals surface area contributed by atoms with Crippen molar-refractivity contribution >= 4 is 17.6 Å². The van der Waals surface area contributed by atoms with E-state index in [0.717, 1.165) is 0 Å². The molecule has 0 aromatic rings. The number of hydrogen-bond acceptors (Lipinski definition) is 2. The molecule has 0 aliphatic carbocycles. The summed E-state index contributed by atoms with van der Waals surface area (Å²) in [5.74, 6) is -1.11. The molecule has 1 unspecified atom stereocenters. The smallest absolute Gasteiger partial charge is 0.332 e. The molecule has 0 aromatic heterocycles. The van der Waals surface area contributed by atoms with E-state index in [4.69, 9.17) is 22.4 Å². The number of aliphatic carboxylic acids is 1. The SMILES string of the molecule is C=C(C(=O)O)C(C)(N)[C@H](C)Cl. The molecule has 0 heterocycles. The summed E-state index contributed by atoms with van der Waals surface area (Å²) in [4.78, 5) is 10.4. The van der Waals surface area contributed by atoms with E-state index in [1.807, 2.05) is 0 Å². The van der Waals surface area contributed by atoms with Crippen molar-refractivity contribution in [1.29, 1.82) is 0 Å². The molecule has 11 heavy (non-hydrogen) atoms. The van der Waals surface area contributed by atoms with Crippen LogP contribution in [0.1, 0.15) is 13.8 Å². The summed E-state index contributed by atoms with van der Waals surface area (Å²) in [6.07, 6.45) is 0. The van der Waals surface area contributed by atoms with E-state index >= 15 is 0 Å².